The van der Waals surface area contributed by atoms with E-state index in [2.05, 4.69) is 52.4 Å². The third kappa shape index (κ3) is 3.63. The van der Waals surface area contributed by atoms with Crippen LogP contribution in [0.1, 0.15) is 16.7 Å². The van der Waals surface area contributed by atoms with Gasteiger partial charge in [0, 0.05) is 24.8 Å². The summed E-state index contributed by atoms with van der Waals surface area (Å²) in [6.07, 6.45) is 10.4. The molecule has 2 heteroatoms. The van der Waals surface area contributed by atoms with Crippen LogP contribution in [0.2, 0.25) is 0 Å². The lowest BCUT2D eigenvalue weighted by Crippen LogP contribution is -1.91. The Kier molecular flexibility index (Phi) is 4.18. The fraction of sp³-hybridized carbons (Fsp3) is 0.0526. The van der Waals surface area contributed by atoms with Gasteiger partial charge in [0.15, 0.2) is 0 Å². The molecule has 0 bridgehead atoms. The van der Waals surface area contributed by atoms with Gasteiger partial charge in [0.25, 0.3) is 0 Å². The third-order valence-corrected chi connectivity index (χ3v) is 3.34. The first-order valence-electron chi connectivity index (χ1n) is 6.97. The van der Waals surface area contributed by atoms with Gasteiger partial charge in [-0.25, -0.2) is 0 Å². The summed E-state index contributed by atoms with van der Waals surface area (Å²) in [6, 6.07) is 18.6. The van der Waals surface area contributed by atoms with Crippen LogP contribution in [0.5, 0.6) is 0 Å². The van der Waals surface area contributed by atoms with E-state index in [-0.39, 0.29) is 0 Å². The molecular formula is C19H16N2. The van der Waals surface area contributed by atoms with E-state index < -0.39 is 0 Å². The molecule has 0 unspecified atom stereocenters. The van der Waals surface area contributed by atoms with Gasteiger partial charge in [0.1, 0.15) is 0 Å². The first-order chi connectivity index (χ1) is 10.4. The van der Waals surface area contributed by atoms with E-state index in [1.54, 1.807) is 0 Å². The molecule has 0 radical (unpaired) electrons. The van der Waals surface area contributed by atoms with E-state index in [0.717, 1.165) is 12.0 Å². The van der Waals surface area contributed by atoms with Gasteiger partial charge in [0.2, 0.25) is 0 Å². The van der Waals surface area contributed by atoms with Gasteiger partial charge in [-0.2, -0.15) is 0 Å². The molecule has 3 aromatic rings. The molecule has 1 aromatic carbocycles. The normalized spacial score (nSPS) is 11.3. The molecule has 0 aliphatic rings. The third-order valence-electron chi connectivity index (χ3n) is 3.34. The number of aromatic nitrogens is 2. The molecule has 3 rings (SSSR count). The van der Waals surface area contributed by atoms with Gasteiger partial charge in [-0.3, -0.25) is 9.97 Å². The number of rotatable bonds is 4. The number of hydrogen-bond acceptors (Lipinski definition) is 2. The maximum atomic E-state index is 4.10. The summed E-state index contributed by atoms with van der Waals surface area (Å²) in [5.74, 6) is 0. The van der Waals surface area contributed by atoms with E-state index in [4.69, 9.17) is 0 Å². The molecule has 21 heavy (non-hydrogen) atoms. The molecule has 0 aliphatic carbocycles. The SMILES string of the molecule is C(=C(Cc1ccccc1)c1ccncc1)c1ccncc1. The Labute approximate surface area is 124 Å². The maximum absolute atomic E-state index is 4.10. The Morgan fingerprint density at radius 3 is 2.05 bits per heavy atom. The highest BCUT2D eigenvalue weighted by Crippen LogP contribution is 2.22. The van der Waals surface area contributed by atoms with Crippen LogP contribution in [-0.4, -0.2) is 9.97 Å². The molecule has 0 saturated heterocycles. The fourth-order valence-electron chi connectivity index (χ4n) is 2.28. The Morgan fingerprint density at radius 1 is 0.762 bits per heavy atom. The molecule has 0 spiro atoms. The maximum Gasteiger partial charge on any atom is 0.0273 e. The zero-order chi connectivity index (χ0) is 14.3. The van der Waals surface area contributed by atoms with Crippen molar-refractivity contribution in [1.82, 2.24) is 9.97 Å². The average Bonchev–Trinajstić information content (AvgIpc) is 2.57. The number of nitrogens with zero attached hydrogens (tertiary/aromatic N) is 2. The van der Waals surface area contributed by atoms with Crippen LogP contribution in [-0.2, 0) is 6.42 Å². The molecule has 2 nitrogen and oxygen atoms in total. The van der Waals surface area contributed by atoms with Crippen molar-refractivity contribution in [2.24, 2.45) is 0 Å². The standard InChI is InChI=1S/C19H16N2/c1-2-4-16(5-3-1)14-19(18-8-12-21-13-9-18)15-17-6-10-20-11-7-17/h1-13,15H,14H2. The summed E-state index contributed by atoms with van der Waals surface area (Å²) in [7, 11) is 0. The van der Waals surface area contributed by atoms with Crippen LogP contribution in [0.25, 0.3) is 11.6 Å². The van der Waals surface area contributed by atoms with Crippen molar-refractivity contribution in [2.45, 2.75) is 6.42 Å². The monoisotopic (exact) mass is 272 g/mol. The van der Waals surface area contributed by atoms with Crippen molar-refractivity contribution < 1.29 is 0 Å². The number of hydrogen-bond donors (Lipinski definition) is 0. The summed E-state index contributed by atoms with van der Waals surface area (Å²) >= 11 is 0. The quantitative estimate of drug-likeness (QED) is 0.709. The van der Waals surface area contributed by atoms with Gasteiger partial charge in [-0.15, -0.1) is 0 Å². The number of benzene rings is 1. The van der Waals surface area contributed by atoms with Crippen LogP contribution in [0.4, 0.5) is 0 Å². The minimum Gasteiger partial charge on any atom is -0.265 e. The molecule has 0 aliphatic heterocycles. The van der Waals surface area contributed by atoms with Gasteiger partial charge in [-0.05, 0) is 52.9 Å². The predicted octanol–water partition coefficient (Wildman–Crippen LogP) is 4.26. The lowest BCUT2D eigenvalue weighted by molar-refractivity contribution is 1.26. The zero-order valence-electron chi connectivity index (χ0n) is 11.7. The minimum atomic E-state index is 0.896. The second kappa shape index (κ2) is 6.62. The van der Waals surface area contributed by atoms with Gasteiger partial charge < -0.3 is 0 Å². The summed E-state index contributed by atoms with van der Waals surface area (Å²) in [5.41, 5.74) is 4.93. The predicted molar refractivity (Wildman–Crippen MR) is 86.5 cm³/mol. The molecule has 0 amide bonds. The van der Waals surface area contributed by atoms with Crippen LogP contribution < -0.4 is 0 Å². The molecule has 0 saturated carbocycles. The van der Waals surface area contributed by atoms with Crippen LogP contribution in [0, 0.1) is 0 Å². The van der Waals surface area contributed by atoms with Gasteiger partial charge >= 0.3 is 0 Å². The van der Waals surface area contributed by atoms with Crippen molar-refractivity contribution in [3.8, 4) is 0 Å². The smallest absolute Gasteiger partial charge is 0.0273 e. The summed E-state index contributed by atoms with van der Waals surface area (Å²) < 4.78 is 0. The van der Waals surface area contributed by atoms with Gasteiger partial charge in [0.05, 0.1) is 0 Å². The minimum absolute atomic E-state index is 0.896. The second-order valence-corrected chi connectivity index (χ2v) is 4.85. The molecule has 0 atom stereocenters. The Bertz CT molecular complexity index is 704. The first-order valence-corrected chi connectivity index (χ1v) is 6.97. The zero-order valence-corrected chi connectivity index (χ0v) is 11.7. The number of pyridine rings is 2. The summed E-state index contributed by atoms with van der Waals surface area (Å²) in [6.45, 7) is 0. The molecule has 0 fully saturated rings. The topological polar surface area (TPSA) is 25.8 Å². The van der Waals surface area contributed by atoms with Crippen molar-refractivity contribution in [3.05, 3.63) is 96.1 Å². The number of allylic oxidation sites excluding steroid dienone is 1. The lowest BCUT2D eigenvalue weighted by atomic mass is 9.97. The first kappa shape index (κ1) is 13.3. The Morgan fingerprint density at radius 2 is 1.38 bits per heavy atom. The van der Waals surface area contributed by atoms with E-state index in [1.165, 1.54) is 16.7 Å². The van der Waals surface area contributed by atoms with Crippen LogP contribution in [0.15, 0.2) is 79.4 Å². The molecular weight excluding hydrogens is 256 g/mol. The lowest BCUT2D eigenvalue weighted by Gasteiger charge is -2.08. The average molecular weight is 272 g/mol. The van der Waals surface area contributed by atoms with Crippen molar-refractivity contribution in [2.75, 3.05) is 0 Å². The Hall–Kier alpha value is -2.74. The molecule has 102 valence electrons. The van der Waals surface area contributed by atoms with Crippen molar-refractivity contribution in [1.29, 1.82) is 0 Å². The molecule has 2 aromatic heterocycles. The fourth-order valence-corrected chi connectivity index (χ4v) is 2.28. The highest BCUT2D eigenvalue weighted by Gasteiger charge is 2.03. The second-order valence-electron chi connectivity index (χ2n) is 4.85. The van der Waals surface area contributed by atoms with Gasteiger partial charge in [-0.1, -0.05) is 36.4 Å². The molecule has 2 heterocycles. The van der Waals surface area contributed by atoms with E-state index >= 15 is 0 Å². The van der Waals surface area contributed by atoms with Crippen LogP contribution in [0.3, 0.4) is 0 Å². The largest absolute Gasteiger partial charge is 0.265 e. The van der Waals surface area contributed by atoms with Crippen molar-refractivity contribution >= 4 is 11.6 Å². The van der Waals surface area contributed by atoms with E-state index in [1.807, 2.05) is 43.0 Å². The highest BCUT2D eigenvalue weighted by atomic mass is 14.6. The van der Waals surface area contributed by atoms with Crippen LogP contribution >= 0.6 is 0 Å². The van der Waals surface area contributed by atoms with Crippen molar-refractivity contribution in [3.63, 3.8) is 0 Å². The highest BCUT2D eigenvalue weighted by molar-refractivity contribution is 5.82. The summed E-state index contributed by atoms with van der Waals surface area (Å²) in [4.78, 5) is 8.17. The molecule has 0 N–H and O–H groups in total. The van der Waals surface area contributed by atoms with E-state index in [9.17, 15) is 0 Å². The van der Waals surface area contributed by atoms with E-state index in [0.29, 0.717) is 0 Å². The Balaban J connectivity index is 1.97. The summed E-state index contributed by atoms with van der Waals surface area (Å²) in [5, 5.41) is 0.